The Morgan fingerprint density at radius 1 is 1.35 bits per heavy atom. The zero-order valence-electron chi connectivity index (χ0n) is 9.71. The van der Waals surface area contributed by atoms with Gasteiger partial charge >= 0.3 is 5.56 Å². The van der Waals surface area contributed by atoms with Gasteiger partial charge < -0.3 is 15.0 Å². The number of hydrogen-bond donors (Lipinski definition) is 1. The molecule has 2 unspecified atom stereocenters. The SMILES string of the molecule is NC1CCCC1Oc1nccn(C2CC2)c1=O. The average molecular weight is 235 g/mol. The molecule has 2 N–H and O–H groups in total. The lowest BCUT2D eigenvalue weighted by Gasteiger charge is -2.16. The van der Waals surface area contributed by atoms with Gasteiger partial charge in [-0.2, -0.15) is 0 Å². The molecule has 1 heterocycles. The zero-order valence-corrected chi connectivity index (χ0v) is 9.71. The molecule has 3 rings (SSSR count). The summed E-state index contributed by atoms with van der Waals surface area (Å²) in [4.78, 5) is 16.1. The Bertz CT molecular complexity index is 467. The molecule has 17 heavy (non-hydrogen) atoms. The molecule has 5 nitrogen and oxygen atoms in total. The van der Waals surface area contributed by atoms with Crippen LogP contribution in [0.25, 0.3) is 0 Å². The predicted molar refractivity (Wildman–Crippen MR) is 63.0 cm³/mol. The van der Waals surface area contributed by atoms with E-state index in [9.17, 15) is 4.79 Å². The fraction of sp³-hybridized carbons (Fsp3) is 0.667. The second kappa shape index (κ2) is 4.14. The summed E-state index contributed by atoms with van der Waals surface area (Å²) in [5, 5.41) is 0. The largest absolute Gasteiger partial charge is 0.469 e. The number of nitrogens with two attached hydrogens (primary N) is 1. The van der Waals surface area contributed by atoms with Crippen LogP contribution in [0.1, 0.15) is 38.1 Å². The summed E-state index contributed by atoms with van der Waals surface area (Å²) in [6.07, 6.45) is 8.42. The Hall–Kier alpha value is -1.36. The third-order valence-electron chi connectivity index (χ3n) is 3.54. The molecule has 0 bridgehead atoms. The summed E-state index contributed by atoms with van der Waals surface area (Å²) in [5.74, 6) is 0.210. The Kier molecular flexibility index (Phi) is 2.63. The minimum atomic E-state index is -0.117. The summed E-state index contributed by atoms with van der Waals surface area (Å²) in [7, 11) is 0. The van der Waals surface area contributed by atoms with Crippen molar-refractivity contribution in [2.45, 2.75) is 50.3 Å². The van der Waals surface area contributed by atoms with E-state index in [1.54, 1.807) is 17.0 Å². The lowest BCUT2D eigenvalue weighted by atomic mass is 10.2. The van der Waals surface area contributed by atoms with Gasteiger partial charge in [-0.3, -0.25) is 4.79 Å². The molecule has 2 fully saturated rings. The number of aromatic nitrogens is 2. The van der Waals surface area contributed by atoms with Gasteiger partial charge in [-0.1, -0.05) is 0 Å². The van der Waals surface area contributed by atoms with Crippen LogP contribution in [0.5, 0.6) is 5.88 Å². The van der Waals surface area contributed by atoms with Crippen LogP contribution in [-0.2, 0) is 0 Å². The quantitative estimate of drug-likeness (QED) is 0.842. The van der Waals surface area contributed by atoms with E-state index >= 15 is 0 Å². The standard InChI is InChI=1S/C12H17N3O2/c13-9-2-1-3-10(9)17-11-12(16)15(7-6-14-11)8-4-5-8/h6-10H,1-5,13H2. The molecule has 0 aliphatic heterocycles. The van der Waals surface area contributed by atoms with Crippen molar-refractivity contribution in [1.82, 2.24) is 9.55 Å². The molecule has 0 amide bonds. The highest BCUT2D eigenvalue weighted by Gasteiger charge is 2.29. The predicted octanol–water partition coefficient (Wildman–Crippen LogP) is 0.837. The first-order valence-electron chi connectivity index (χ1n) is 6.25. The normalized spacial score (nSPS) is 28.3. The number of rotatable bonds is 3. The van der Waals surface area contributed by atoms with Crippen LogP contribution in [0.2, 0.25) is 0 Å². The fourth-order valence-electron chi connectivity index (χ4n) is 2.37. The van der Waals surface area contributed by atoms with Gasteiger partial charge in [-0.05, 0) is 32.1 Å². The summed E-state index contributed by atoms with van der Waals surface area (Å²) in [5.41, 5.74) is 5.81. The van der Waals surface area contributed by atoms with Crippen LogP contribution in [0.3, 0.4) is 0 Å². The Morgan fingerprint density at radius 3 is 2.82 bits per heavy atom. The lowest BCUT2D eigenvalue weighted by molar-refractivity contribution is 0.179. The third-order valence-corrected chi connectivity index (χ3v) is 3.54. The van der Waals surface area contributed by atoms with E-state index < -0.39 is 0 Å². The highest BCUT2D eigenvalue weighted by atomic mass is 16.5. The molecule has 2 saturated carbocycles. The molecular formula is C12H17N3O2. The maximum Gasteiger partial charge on any atom is 0.313 e. The van der Waals surface area contributed by atoms with Gasteiger partial charge in [0.25, 0.3) is 5.88 Å². The summed E-state index contributed by atoms with van der Waals surface area (Å²) in [6.45, 7) is 0. The van der Waals surface area contributed by atoms with Crippen LogP contribution >= 0.6 is 0 Å². The van der Waals surface area contributed by atoms with Crippen LogP contribution in [-0.4, -0.2) is 21.7 Å². The van der Waals surface area contributed by atoms with Crippen molar-refractivity contribution >= 4 is 0 Å². The highest BCUT2D eigenvalue weighted by molar-refractivity contribution is 5.08. The number of hydrogen-bond acceptors (Lipinski definition) is 4. The van der Waals surface area contributed by atoms with E-state index in [0.29, 0.717) is 6.04 Å². The topological polar surface area (TPSA) is 70.1 Å². The van der Waals surface area contributed by atoms with E-state index in [2.05, 4.69) is 4.98 Å². The molecular weight excluding hydrogens is 218 g/mol. The summed E-state index contributed by atoms with van der Waals surface area (Å²) in [6, 6.07) is 0.385. The fourth-order valence-corrected chi connectivity index (χ4v) is 2.37. The van der Waals surface area contributed by atoms with Gasteiger partial charge in [-0.25, -0.2) is 4.98 Å². The minimum Gasteiger partial charge on any atom is -0.469 e. The minimum absolute atomic E-state index is 0.0331. The molecule has 92 valence electrons. The first kappa shape index (κ1) is 10.8. The van der Waals surface area contributed by atoms with E-state index in [4.69, 9.17) is 10.5 Å². The smallest absolute Gasteiger partial charge is 0.313 e. The Balaban J connectivity index is 1.82. The van der Waals surface area contributed by atoms with Crippen molar-refractivity contribution in [1.29, 1.82) is 0 Å². The summed E-state index contributed by atoms with van der Waals surface area (Å²) >= 11 is 0. The third kappa shape index (κ3) is 2.07. The van der Waals surface area contributed by atoms with Gasteiger partial charge in [0.15, 0.2) is 0 Å². The molecule has 2 aliphatic carbocycles. The molecule has 0 aromatic carbocycles. The maximum atomic E-state index is 12.1. The molecule has 2 aliphatic rings. The molecule has 1 aromatic heterocycles. The number of nitrogens with zero attached hydrogens (tertiary/aromatic N) is 2. The van der Waals surface area contributed by atoms with Gasteiger partial charge in [0.2, 0.25) is 0 Å². The lowest BCUT2D eigenvalue weighted by Crippen LogP contribution is -2.36. The summed E-state index contributed by atoms with van der Waals surface area (Å²) < 4.78 is 7.39. The molecule has 0 radical (unpaired) electrons. The first-order chi connectivity index (χ1) is 8.25. The van der Waals surface area contributed by atoms with Crippen molar-refractivity contribution in [3.8, 4) is 5.88 Å². The van der Waals surface area contributed by atoms with E-state index in [0.717, 1.165) is 32.1 Å². The van der Waals surface area contributed by atoms with E-state index in [1.165, 1.54) is 0 Å². The maximum absolute atomic E-state index is 12.1. The van der Waals surface area contributed by atoms with Crippen molar-refractivity contribution < 1.29 is 4.74 Å². The van der Waals surface area contributed by atoms with Crippen molar-refractivity contribution in [2.75, 3.05) is 0 Å². The first-order valence-corrected chi connectivity index (χ1v) is 6.25. The molecule has 2 atom stereocenters. The molecule has 0 spiro atoms. The van der Waals surface area contributed by atoms with Gasteiger partial charge in [0, 0.05) is 24.5 Å². The Labute approximate surface area is 99.6 Å². The highest BCUT2D eigenvalue weighted by Crippen LogP contribution is 2.33. The number of ether oxygens (including phenoxy) is 1. The van der Waals surface area contributed by atoms with Crippen LogP contribution in [0.15, 0.2) is 17.2 Å². The monoisotopic (exact) mass is 235 g/mol. The van der Waals surface area contributed by atoms with Gasteiger partial charge in [-0.15, -0.1) is 0 Å². The van der Waals surface area contributed by atoms with Crippen LogP contribution in [0, 0.1) is 0 Å². The van der Waals surface area contributed by atoms with Crippen molar-refractivity contribution in [2.24, 2.45) is 5.73 Å². The Morgan fingerprint density at radius 2 is 2.18 bits per heavy atom. The van der Waals surface area contributed by atoms with E-state index in [1.807, 2.05) is 0 Å². The van der Waals surface area contributed by atoms with Gasteiger partial charge in [0.1, 0.15) is 6.10 Å². The molecule has 0 saturated heterocycles. The van der Waals surface area contributed by atoms with Gasteiger partial charge in [0.05, 0.1) is 0 Å². The van der Waals surface area contributed by atoms with Crippen molar-refractivity contribution in [3.05, 3.63) is 22.7 Å². The van der Waals surface area contributed by atoms with Crippen LogP contribution in [0.4, 0.5) is 0 Å². The molecule has 1 aromatic rings. The molecule has 5 heteroatoms. The van der Waals surface area contributed by atoms with E-state index in [-0.39, 0.29) is 23.6 Å². The zero-order chi connectivity index (χ0) is 11.8. The second-order valence-corrected chi connectivity index (χ2v) is 4.93. The average Bonchev–Trinajstić information content (AvgIpc) is 3.08. The van der Waals surface area contributed by atoms with Crippen LogP contribution < -0.4 is 16.0 Å². The van der Waals surface area contributed by atoms with Crippen molar-refractivity contribution in [3.63, 3.8) is 0 Å². The second-order valence-electron chi connectivity index (χ2n) is 4.93.